The van der Waals surface area contributed by atoms with Crippen molar-refractivity contribution < 1.29 is 14.3 Å². The topological polar surface area (TPSA) is 35.5 Å². The maximum atomic E-state index is 11.2. The van der Waals surface area contributed by atoms with Gasteiger partial charge in [0.25, 0.3) is 0 Å². The molecule has 0 amide bonds. The molecule has 82 valence electrons. The monoisotopic (exact) mass is 208 g/mol. The molecule has 0 N–H and O–H groups in total. The molecule has 15 heavy (non-hydrogen) atoms. The first-order valence-corrected chi connectivity index (χ1v) is 5.04. The van der Waals surface area contributed by atoms with Crippen LogP contribution in [-0.2, 0) is 4.79 Å². The van der Waals surface area contributed by atoms with Crippen LogP contribution in [0.4, 0.5) is 0 Å². The lowest BCUT2D eigenvalue weighted by Crippen LogP contribution is -2.10. The molecule has 0 aliphatic rings. The van der Waals surface area contributed by atoms with Crippen molar-refractivity contribution in [3.63, 3.8) is 0 Å². The summed E-state index contributed by atoms with van der Waals surface area (Å²) in [5.41, 5.74) is 0. The number of rotatable bonds is 6. The van der Waals surface area contributed by atoms with Crippen LogP contribution in [0.5, 0.6) is 11.5 Å². The Morgan fingerprint density at radius 3 is 2.33 bits per heavy atom. The molecule has 1 aromatic rings. The van der Waals surface area contributed by atoms with Crippen molar-refractivity contribution in [2.45, 2.75) is 19.8 Å². The van der Waals surface area contributed by atoms with E-state index >= 15 is 0 Å². The highest BCUT2D eigenvalue weighted by molar-refractivity contribution is 5.79. The average molecular weight is 208 g/mol. The summed E-state index contributed by atoms with van der Waals surface area (Å²) in [4.78, 5) is 11.2. The lowest BCUT2D eigenvalue weighted by Gasteiger charge is -2.05. The van der Waals surface area contributed by atoms with Crippen LogP contribution in [0.25, 0.3) is 0 Å². The van der Waals surface area contributed by atoms with E-state index < -0.39 is 0 Å². The SMILES string of the molecule is CCCC(=O)COc1ccc(OC)cc1. The first kappa shape index (κ1) is 11.6. The Morgan fingerprint density at radius 2 is 1.80 bits per heavy atom. The largest absolute Gasteiger partial charge is 0.497 e. The highest BCUT2D eigenvalue weighted by Gasteiger charge is 2.01. The van der Waals surface area contributed by atoms with Crippen LogP contribution < -0.4 is 9.47 Å². The second kappa shape index (κ2) is 6.06. The summed E-state index contributed by atoms with van der Waals surface area (Å²) in [7, 11) is 1.61. The molecule has 1 aromatic carbocycles. The smallest absolute Gasteiger partial charge is 0.170 e. The van der Waals surface area contributed by atoms with Crippen LogP contribution in [-0.4, -0.2) is 19.5 Å². The number of ether oxygens (including phenoxy) is 2. The van der Waals surface area contributed by atoms with E-state index in [1.165, 1.54) is 0 Å². The zero-order valence-corrected chi connectivity index (χ0v) is 9.16. The lowest BCUT2D eigenvalue weighted by atomic mass is 10.2. The molecule has 0 spiro atoms. The number of benzene rings is 1. The third-order valence-electron chi connectivity index (χ3n) is 1.99. The highest BCUT2D eigenvalue weighted by Crippen LogP contribution is 2.16. The Labute approximate surface area is 90.0 Å². The van der Waals surface area contributed by atoms with Gasteiger partial charge in [-0.15, -0.1) is 0 Å². The third kappa shape index (κ3) is 4.02. The van der Waals surface area contributed by atoms with Gasteiger partial charge in [-0.1, -0.05) is 6.92 Å². The molecule has 3 heteroatoms. The minimum atomic E-state index is 0.133. The van der Waals surface area contributed by atoms with Crippen molar-refractivity contribution in [2.24, 2.45) is 0 Å². The second-order valence-corrected chi connectivity index (χ2v) is 3.25. The van der Waals surface area contributed by atoms with E-state index in [4.69, 9.17) is 9.47 Å². The number of carbonyl (C=O) groups excluding carboxylic acids is 1. The van der Waals surface area contributed by atoms with Crippen LogP contribution in [0.2, 0.25) is 0 Å². The second-order valence-electron chi connectivity index (χ2n) is 3.25. The molecule has 0 aliphatic heterocycles. The Morgan fingerprint density at radius 1 is 1.20 bits per heavy atom. The number of Topliss-reactive ketones (excluding diaryl/α,β-unsaturated/α-hetero) is 1. The summed E-state index contributed by atoms with van der Waals surface area (Å²) in [6.45, 7) is 2.13. The molecule has 0 atom stereocenters. The molecular formula is C12H16O3. The summed E-state index contributed by atoms with van der Waals surface area (Å²) in [6, 6.07) is 7.19. The van der Waals surface area contributed by atoms with Gasteiger partial charge in [-0.2, -0.15) is 0 Å². The van der Waals surface area contributed by atoms with Gasteiger partial charge in [0, 0.05) is 6.42 Å². The van der Waals surface area contributed by atoms with Gasteiger partial charge in [0.1, 0.15) is 18.1 Å². The van der Waals surface area contributed by atoms with E-state index in [1.54, 1.807) is 31.4 Å². The Kier molecular flexibility index (Phi) is 4.68. The van der Waals surface area contributed by atoms with Gasteiger partial charge in [-0.05, 0) is 30.7 Å². The number of methoxy groups -OCH3 is 1. The molecule has 0 saturated carbocycles. The van der Waals surface area contributed by atoms with Gasteiger partial charge in [0.05, 0.1) is 7.11 Å². The van der Waals surface area contributed by atoms with Gasteiger partial charge >= 0.3 is 0 Å². The van der Waals surface area contributed by atoms with E-state index in [9.17, 15) is 4.79 Å². The first-order valence-electron chi connectivity index (χ1n) is 5.04. The van der Waals surface area contributed by atoms with Crippen LogP contribution in [0.3, 0.4) is 0 Å². The van der Waals surface area contributed by atoms with Crippen molar-refractivity contribution in [3.8, 4) is 11.5 Å². The van der Waals surface area contributed by atoms with Crippen molar-refractivity contribution >= 4 is 5.78 Å². The van der Waals surface area contributed by atoms with Gasteiger partial charge in [-0.25, -0.2) is 0 Å². The van der Waals surface area contributed by atoms with Gasteiger partial charge in [0.15, 0.2) is 5.78 Å². The maximum absolute atomic E-state index is 11.2. The van der Waals surface area contributed by atoms with Crippen molar-refractivity contribution in [1.82, 2.24) is 0 Å². The third-order valence-corrected chi connectivity index (χ3v) is 1.99. The van der Waals surface area contributed by atoms with E-state index in [0.717, 1.165) is 12.2 Å². The van der Waals surface area contributed by atoms with E-state index in [1.807, 2.05) is 6.92 Å². The fraction of sp³-hybridized carbons (Fsp3) is 0.417. The van der Waals surface area contributed by atoms with Gasteiger partial charge < -0.3 is 9.47 Å². The summed E-state index contributed by atoms with van der Waals surface area (Å²) >= 11 is 0. The zero-order valence-electron chi connectivity index (χ0n) is 9.16. The zero-order chi connectivity index (χ0) is 11.1. The first-order chi connectivity index (χ1) is 7.26. The lowest BCUT2D eigenvalue weighted by molar-refractivity contribution is -0.121. The summed E-state index contributed by atoms with van der Waals surface area (Å²) in [5.74, 6) is 1.61. The van der Waals surface area contributed by atoms with E-state index in [-0.39, 0.29) is 12.4 Å². The standard InChI is InChI=1S/C12H16O3/c1-3-4-10(13)9-15-12-7-5-11(14-2)6-8-12/h5-8H,3-4,9H2,1-2H3. The number of ketones is 1. The van der Waals surface area contributed by atoms with Crippen molar-refractivity contribution in [1.29, 1.82) is 0 Å². The average Bonchev–Trinajstić information content (AvgIpc) is 2.27. The fourth-order valence-electron chi connectivity index (χ4n) is 1.19. The van der Waals surface area contributed by atoms with Gasteiger partial charge in [0.2, 0.25) is 0 Å². The molecule has 1 rings (SSSR count). The molecule has 0 aliphatic carbocycles. The summed E-state index contributed by atoms with van der Waals surface area (Å²) in [6.07, 6.45) is 1.45. The summed E-state index contributed by atoms with van der Waals surface area (Å²) < 4.78 is 10.3. The molecule has 0 unspecified atom stereocenters. The van der Waals surface area contributed by atoms with Crippen molar-refractivity contribution in [2.75, 3.05) is 13.7 Å². The molecular weight excluding hydrogens is 192 g/mol. The maximum Gasteiger partial charge on any atom is 0.170 e. The minimum absolute atomic E-state index is 0.133. The molecule has 0 bridgehead atoms. The Balaban J connectivity index is 2.40. The number of hydrogen-bond donors (Lipinski definition) is 0. The molecule has 3 nitrogen and oxygen atoms in total. The molecule has 0 heterocycles. The quantitative estimate of drug-likeness (QED) is 0.720. The summed E-state index contributed by atoms with van der Waals surface area (Å²) in [5, 5.41) is 0. The molecule has 0 aromatic heterocycles. The number of carbonyl (C=O) groups is 1. The predicted molar refractivity (Wildman–Crippen MR) is 58.4 cm³/mol. The molecule has 0 saturated heterocycles. The van der Waals surface area contributed by atoms with Crippen LogP contribution in [0.1, 0.15) is 19.8 Å². The highest BCUT2D eigenvalue weighted by atomic mass is 16.5. The van der Waals surface area contributed by atoms with Gasteiger partial charge in [-0.3, -0.25) is 4.79 Å². The van der Waals surface area contributed by atoms with Crippen LogP contribution in [0.15, 0.2) is 24.3 Å². The Bertz CT molecular complexity index is 303. The van der Waals surface area contributed by atoms with Crippen LogP contribution in [0, 0.1) is 0 Å². The fourth-order valence-corrected chi connectivity index (χ4v) is 1.19. The number of hydrogen-bond acceptors (Lipinski definition) is 3. The predicted octanol–water partition coefficient (Wildman–Crippen LogP) is 2.44. The molecule has 0 radical (unpaired) electrons. The normalized spacial score (nSPS) is 9.73. The van der Waals surface area contributed by atoms with Crippen LogP contribution >= 0.6 is 0 Å². The van der Waals surface area contributed by atoms with E-state index in [0.29, 0.717) is 12.2 Å². The van der Waals surface area contributed by atoms with E-state index in [2.05, 4.69) is 0 Å². The van der Waals surface area contributed by atoms with Crippen molar-refractivity contribution in [3.05, 3.63) is 24.3 Å². The Hall–Kier alpha value is -1.51. The minimum Gasteiger partial charge on any atom is -0.497 e. The molecule has 0 fully saturated rings.